The van der Waals surface area contributed by atoms with Crippen molar-refractivity contribution in [3.05, 3.63) is 11.8 Å². The normalized spacial score (nSPS) is 18.0. The Labute approximate surface area is 68.1 Å². The summed E-state index contributed by atoms with van der Waals surface area (Å²) in [6.45, 7) is 5.40. The summed E-state index contributed by atoms with van der Waals surface area (Å²) in [4.78, 5) is 2.22. The zero-order valence-electron chi connectivity index (χ0n) is 7.17. The van der Waals surface area contributed by atoms with Crippen LogP contribution in [0.15, 0.2) is 11.8 Å². The molecule has 0 amide bonds. The summed E-state index contributed by atoms with van der Waals surface area (Å²) >= 11 is 0. The first-order valence-corrected chi connectivity index (χ1v) is 4.10. The third kappa shape index (κ3) is 1.98. The lowest BCUT2D eigenvalue weighted by Crippen LogP contribution is -2.29. The van der Waals surface area contributed by atoms with Gasteiger partial charge in [0.1, 0.15) is 0 Å². The average Bonchev–Trinajstić information content (AvgIpc) is 2.05. The molecule has 0 aromatic carbocycles. The summed E-state index contributed by atoms with van der Waals surface area (Å²) in [5.41, 5.74) is 0.921. The van der Waals surface area contributed by atoms with Gasteiger partial charge in [0.05, 0.1) is 6.07 Å². The van der Waals surface area contributed by atoms with Crippen LogP contribution in [0.25, 0.3) is 0 Å². The standard InChI is InChI=1S/C9H14N2/c1-8(2)11-5-3-4-9(6-10)7-11/h7-8H,3-5H2,1-2H3. The third-order valence-corrected chi connectivity index (χ3v) is 1.99. The molecule has 2 nitrogen and oxygen atoms in total. The highest BCUT2D eigenvalue weighted by Gasteiger charge is 2.11. The van der Waals surface area contributed by atoms with Gasteiger partial charge in [-0.15, -0.1) is 0 Å². The molecule has 1 rings (SSSR count). The van der Waals surface area contributed by atoms with E-state index in [0.717, 1.165) is 25.0 Å². The van der Waals surface area contributed by atoms with Crippen molar-refractivity contribution in [2.45, 2.75) is 32.7 Å². The molecule has 0 spiro atoms. The first-order chi connectivity index (χ1) is 5.24. The van der Waals surface area contributed by atoms with Crippen LogP contribution in [0, 0.1) is 11.3 Å². The molecule has 1 aliphatic heterocycles. The van der Waals surface area contributed by atoms with Crippen molar-refractivity contribution in [1.82, 2.24) is 4.90 Å². The van der Waals surface area contributed by atoms with Gasteiger partial charge in [0.2, 0.25) is 0 Å². The monoisotopic (exact) mass is 150 g/mol. The first-order valence-electron chi connectivity index (χ1n) is 4.10. The summed E-state index contributed by atoms with van der Waals surface area (Å²) in [6, 6.07) is 2.73. The number of allylic oxidation sites excluding steroid dienone is 1. The SMILES string of the molecule is CC(C)N1C=C(C#N)CCC1. The Kier molecular flexibility index (Phi) is 2.53. The molecular weight excluding hydrogens is 136 g/mol. The van der Waals surface area contributed by atoms with E-state index in [9.17, 15) is 0 Å². The summed E-state index contributed by atoms with van der Waals surface area (Å²) < 4.78 is 0. The Morgan fingerprint density at radius 3 is 2.91 bits per heavy atom. The smallest absolute Gasteiger partial charge is 0.0962 e. The van der Waals surface area contributed by atoms with Crippen molar-refractivity contribution >= 4 is 0 Å². The molecule has 1 aliphatic rings. The van der Waals surface area contributed by atoms with Crippen molar-refractivity contribution in [3.8, 4) is 6.07 Å². The van der Waals surface area contributed by atoms with E-state index in [4.69, 9.17) is 5.26 Å². The van der Waals surface area contributed by atoms with Crippen LogP contribution in [0.1, 0.15) is 26.7 Å². The van der Waals surface area contributed by atoms with Crippen LogP contribution in [-0.4, -0.2) is 17.5 Å². The van der Waals surface area contributed by atoms with Gasteiger partial charge in [-0.05, 0) is 26.7 Å². The highest BCUT2D eigenvalue weighted by Crippen LogP contribution is 2.15. The summed E-state index contributed by atoms with van der Waals surface area (Å²) in [5.74, 6) is 0. The van der Waals surface area contributed by atoms with Crippen LogP contribution in [0.5, 0.6) is 0 Å². The molecule has 0 atom stereocenters. The number of hydrogen-bond donors (Lipinski definition) is 0. The maximum Gasteiger partial charge on any atom is 0.0962 e. The Bertz CT molecular complexity index is 198. The molecule has 11 heavy (non-hydrogen) atoms. The van der Waals surface area contributed by atoms with E-state index < -0.39 is 0 Å². The molecule has 60 valence electrons. The van der Waals surface area contributed by atoms with Crippen LogP contribution < -0.4 is 0 Å². The number of nitrogens with zero attached hydrogens (tertiary/aromatic N) is 2. The van der Waals surface area contributed by atoms with Gasteiger partial charge < -0.3 is 4.90 Å². The Balaban J connectivity index is 2.65. The van der Waals surface area contributed by atoms with Gasteiger partial charge in [-0.2, -0.15) is 5.26 Å². The molecule has 0 saturated heterocycles. The topological polar surface area (TPSA) is 27.0 Å². The maximum absolute atomic E-state index is 8.65. The fourth-order valence-electron chi connectivity index (χ4n) is 1.27. The van der Waals surface area contributed by atoms with Gasteiger partial charge in [0, 0.05) is 24.4 Å². The lowest BCUT2D eigenvalue weighted by Gasteiger charge is -2.28. The minimum atomic E-state index is 0.527. The molecule has 0 aromatic rings. The molecule has 0 N–H and O–H groups in total. The number of rotatable bonds is 1. The first kappa shape index (κ1) is 8.13. The van der Waals surface area contributed by atoms with Crippen molar-refractivity contribution < 1.29 is 0 Å². The molecule has 0 aliphatic carbocycles. The maximum atomic E-state index is 8.65. The molecule has 1 heterocycles. The van der Waals surface area contributed by atoms with Gasteiger partial charge in [0.15, 0.2) is 0 Å². The molecule has 0 bridgehead atoms. The van der Waals surface area contributed by atoms with E-state index in [2.05, 4.69) is 24.8 Å². The summed E-state index contributed by atoms with van der Waals surface area (Å²) in [6.07, 6.45) is 4.07. The van der Waals surface area contributed by atoms with E-state index in [1.165, 1.54) is 0 Å². The minimum absolute atomic E-state index is 0.527. The lowest BCUT2D eigenvalue weighted by atomic mass is 10.1. The zero-order chi connectivity index (χ0) is 8.27. The predicted octanol–water partition coefficient (Wildman–Crippen LogP) is 1.90. The second-order valence-electron chi connectivity index (χ2n) is 3.20. The highest BCUT2D eigenvalue weighted by atomic mass is 15.1. The molecule has 2 heteroatoms. The van der Waals surface area contributed by atoms with E-state index in [0.29, 0.717) is 6.04 Å². The van der Waals surface area contributed by atoms with E-state index >= 15 is 0 Å². The largest absolute Gasteiger partial charge is 0.374 e. The number of hydrogen-bond acceptors (Lipinski definition) is 2. The Morgan fingerprint density at radius 2 is 2.36 bits per heavy atom. The zero-order valence-corrected chi connectivity index (χ0v) is 7.17. The average molecular weight is 150 g/mol. The second-order valence-corrected chi connectivity index (χ2v) is 3.20. The molecule has 0 aromatic heterocycles. The Hall–Kier alpha value is -0.970. The van der Waals surface area contributed by atoms with Gasteiger partial charge in [-0.25, -0.2) is 0 Å². The van der Waals surface area contributed by atoms with Gasteiger partial charge in [-0.1, -0.05) is 0 Å². The molecule has 0 radical (unpaired) electrons. The lowest BCUT2D eigenvalue weighted by molar-refractivity contribution is 0.292. The second kappa shape index (κ2) is 3.43. The molecule has 0 fully saturated rings. The number of nitriles is 1. The molecule has 0 saturated carbocycles. The van der Waals surface area contributed by atoms with Crippen LogP contribution in [-0.2, 0) is 0 Å². The van der Waals surface area contributed by atoms with E-state index in [1.54, 1.807) is 0 Å². The van der Waals surface area contributed by atoms with Gasteiger partial charge >= 0.3 is 0 Å². The van der Waals surface area contributed by atoms with Crippen LogP contribution in [0.2, 0.25) is 0 Å². The Morgan fingerprint density at radius 1 is 1.64 bits per heavy atom. The van der Waals surface area contributed by atoms with Crippen LogP contribution in [0.3, 0.4) is 0 Å². The fraction of sp³-hybridized carbons (Fsp3) is 0.667. The summed E-state index contributed by atoms with van der Waals surface area (Å²) in [7, 11) is 0. The summed E-state index contributed by atoms with van der Waals surface area (Å²) in [5, 5.41) is 8.65. The third-order valence-electron chi connectivity index (χ3n) is 1.99. The van der Waals surface area contributed by atoms with Crippen molar-refractivity contribution in [2.24, 2.45) is 0 Å². The van der Waals surface area contributed by atoms with E-state index in [1.807, 2.05) is 6.20 Å². The molecular formula is C9H14N2. The van der Waals surface area contributed by atoms with Gasteiger partial charge in [-0.3, -0.25) is 0 Å². The molecule has 0 unspecified atom stereocenters. The van der Waals surface area contributed by atoms with Crippen LogP contribution in [0.4, 0.5) is 0 Å². The quantitative estimate of drug-likeness (QED) is 0.570. The fourth-order valence-corrected chi connectivity index (χ4v) is 1.27. The van der Waals surface area contributed by atoms with Crippen molar-refractivity contribution in [1.29, 1.82) is 5.26 Å². The van der Waals surface area contributed by atoms with Crippen molar-refractivity contribution in [3.63, 3.8) is 0 Å². The minimum Gasteiger partial charge on any atom is -0.374 e. The van der Waals surface area contributed by atoms with Crippen LogP contribution >= 0.6 is 0 Å². The highest BCUT2D eigenvalue weighted by molar-refractivity contribution is 5.21. The predicted molar refractivity (Wildman–Crippen MR) is 44.8 cm³/mol. The van der Waals surface area contributed by atoms with Gasteiger partial charge in [0.25, 0.3) is 0 Å². The van der Waals surface area contributed by atoms with Crippen molar-refractivity contribution in [2.75, 3.05) is 6.54 Å². The van der Waals surface area contributed by atoms with E-state index in [-0.39, 0.29) is 0 Å².